The fourth-order valence-corrected chi connectivity index (χ4v) is 2.64. The summed E-state index contributed by atoms with van der Waals surface area (Å²) in [5.74, 6) is 5.25. The van der Waals surface area contributed by atoms with E-state index in [4.69, 9.17) is 5.84 Å². The van der Waals surface area contributed by atoms with Gasteiger partial charge in [-0.2, -0.15) is 0 Å². The lowest BCUT2D eigenvalue weighted by Gasteiger charge is -2.26. The molecule has 0 amide bonds. The second-order valence-corrected chi connectivity index (χ2v) is 7.03. The highest BCUT2D eigenvalue weighted by molar-refractivity contribution is 7.99. The number of hydrogen-bond acceptors (Lipinski definition) is 4. The summed E-state index contributed by atoms with van der Waals surface area (Å²) in [6, 6.07) is 8.87. The van der Waals surface area contributed by atoms with E-state index in [-0.39, 0.29) is 5.41 Å². The molecule has 0 unspecified atom stereocenters. The third-order valence-electron chi connectivity index (χ3n) is 2.80. The summed E-state index contributed by atoms with van der Waals surface area (Å²) in [5, 5.41) is 3.91. The van der Waals surface area contributed by atoms with Crippen LogP contribution < -0.4 is 16.6 Å². The van der Waals surface area contributed by atoms with Crippen LogP contribution in [0.1, 0.15) is 33.3 Å². The van der Waals surface area contributed by atoms with Crippen molar-refractivity contribution in [3.8, 4) is 0 Å². The number of nitrogens with two attached hydrogens (primary N) is 1. The maximum Gasteiger partial charge on any atom is 0.0587 e. The third kappa shape index (κ3) is 4.98. The molecule has 0 radical (unpaired) electrons. The average molecular weight is 267 g/mol. The molecule has 0 aliphatic heterocycles. The molecule has 0 atom stereocenters. The minimum Gasteiger partial charge on any atom is -0.303 e. The predicted molar refractivity (Wildman–Crippen MR) is 80.7 cm³/mol. The molecule has 1 rings (SSSR count). The molecule has 0 saturated carbocycles. The van der Waals surface area contributed by atoms with Gasteiger partial charge in [-0.05, 0) is 17.7 Å². The van der Waals surface area contributed by atoms with Gasteiger partial charge in [-0.15, -0.1) is 11.8 Å². The number of rotatable bonds is 7. The largest absolute Gasteiger partial charge is 0.303 e. The SMILES string of the molecule is CC(C)Sc1ccc(C(C)(C)CNCNN)cc1. The van der Waals surface area contributed by atoms with Crippen LogP contribution in [0.2, 0.25) is 0 Å². The Morgan fingerprint density at radius 3 is 2.33 bits per heavy atom. The summed E-state index contributed by atoms with van der Waals surface area (Å²) < 4.78 is 0. The first kappa shape index (κ1) is 15.5. The summed E-state index contributed by atoms with van der Waals surface area (Å²) in [4.78, 5) is 1.33. The van der Waals surface area contributed by atoms with Gasteiger partial charge in [0, 0.05) is 22.1 Å². The maximum atomic E-state index is 5.25. The van der Waals surface area contributed by atoms with Gasteiger partial charge in [-0.3, -0.25) is 5.84 Å². The van der Waals surface area contributed by atoms with Gasteiger partial charge in [0.25, 0.3) is 0 Å². The summed E-state index contributed by atoms with van der Waals surface area (Å²) in [6.45, 7) is 10.4. The minimum absolute atomic E-state index is 0.109. The van der Waals surface area contributed by atoms with Crippen molar-refractivity contribution < 1.29 is 0 Å². The van der Waals surface area contributed by atoms with E-state index in [2.05, 4.69) is 62.7 Å². The topological polar surface area (TPSA) is 50.1 Å². The van der Waals surface area contributed by atoms with Crippen LogP contribution >= 0.6 is 11.8 Å². The Balaban J connectivity index is 2.65. The van der Waals surface area contributed by atoms with E-state index in [1.807, 2.05) is 11.8 Å². The summed E-state index contributed by atoms with van der Waals surface area (Å²) in [7, 11) is 0. The van der Waals surface area contributed by atoms with E-state index < -0.39 is 0 Å². The lowest BCUT2D eigenvalue weighted by molar-refractivity contribution is 0.454. The highest BCUT2D eigenvalue weighted by Crippen LogP contribution is 2.27. The summed E-state index contributed by atoms with van der Waals surface area (Å²) >= 11 is 1.90. The standard InChI is InChI=1S/C14H25N3S/c1-11(2)18-13-7-5-12(6-8-13)14(3,4)9-16-10-17-15/h5-8,11,16-17H,9-10,15H2,1-4H3. The Morgan fingerprint density at radius 1 is 1.22 bits per heavy atom. The predicted octanol–water partition coefficient (Wildman–Crippen LogP) is 2.48. The molecule has 4 N–H and O–H groups in total. The van der Waals surface area contributed by atoms with Crippen molar-refractivity contribution in [1.29, 1.82) is 0 Å². The molecule has 0 heterocycles. The first-order chi connectivity index (χ1) is 8.45. The Morgan fingerprint density at radius 2 is 1.83 bits per heavy atom. The van der Waals surface area contributed by atoms with Crippen molar-refractivity contribution in [1.82, 2.24) is 10.7 Å². The number of thioether (sulfide) groups is 1. The zero-order valence-electron chi connectivity index (χ0n) is 11.8. The van der Waals surface area contributed by atoms with Crippen LogP contribution in [-0.2, 0) is 5.41 Å². The van der Waals surface area contributed by atoms with Crippen molar-refractivity contribution >= 4 is 11.8 Å². The quantitative estimate of drug-likeness (QED) is 0.233. The molecule has 18 heavy (non-hydrogen) atoms. The molecule has 102 valence electrons. The molecule has 0 spiro atoms. The average Bonchev–Trinajstić information content (AvgIpc) is 2.29. The molecular formula is C14H25N3S. The molecule has 0 aliphatic rings. The van der Waals surface area contributed by atoms with Gasteiger partial charge in [0.15, 0.2) is 0 Å². The fraction of sp³-hybridized carbons (Fsp3) is 0.571. The molecular weight excluding hydrogens is 242 g/mol. The van der Waals surface area contributed by atoms with Gasteiger partial charge in [-0.1, -0.05) is 39.8 Å². The zero-order chi connectivity index (χ0) is 13.6. The van der Waals surface area contributed by atoms with Crippen LogP contribution in [0.15, 0.2) is 29.2 Å². The molecule has 3 nitrogen and oxygen atoms in total. The smallest absolute Gasteiger partial charge is 0.0587 e. The fourth-order valence-electron chi connectivity index (χ4n) is 1.81. The number of benzene rings is 1. The second-order valence-electron chi connectivity index (χ2n) is 5.38. The van der Waals surface area contributed by atoms with Crippen molar-refractivity contribution in [3.63, 3.8) is 0 Å². The first-order valence-corrected chi connectivity index (χ1v) is 7.25. The van der Waals surface area contributed by atoms with Crippen LogP contribution in [-0.4, -0.2) is 18.5 Å². The van der Waals surface area contributed by atoms with E-state index in [0.29, 0.717) is 11.9 Å². The van der Waals surface area contributed by atoms with Crippen molar-refractivity contribution in [2.45, 2.75) is 43.3 Å². The summed E-state index contributed by atoms with van der Waals surface area (Å²) in [6.07, 6.45) is 0. The Hall–Kier alpha value is -0.550. The van der Waals surface area contributed by atoms with Crippen molar-refractivity contribution in [2.75, 3.05) is 13.2 Å². The van der Waals surface area contributed by atoms with Crippen LogP contribution in [0.4, 0.5) is 0 Å². The van der Waals surface area contributed by atoms with Crippen LogP contribution in [0.3, 0.4) is 0 Å². The van der Waals surface area contributed by atoms with Gasteiger partial charge in [-0.25, -0.2) is 5.43 Å². The lowest BCUT2D eigenvalue weighted by atomic mass is 9.85. The molecule has 1 aromatic carbocycles. The van der Waals surface area contributed by atoms with Crippen LogP contribution in [0, 0.1) is 0 Å². The molecule has 0 fully saturated rings. The van der Waals surface area contributed by atoms with E-state index in [1.165, 1.54) is 10.5 Å². The monoisotopic (exact) mass is 267 g/mol. The number of hydrazine groups is 1. The van der Waals surface area contributed by atoms with Gasteiger partial charge in [0.1, 0.15) is 0 Å². The molecule has 1 aromatic rings. The molecule has 4 heteroatoms. The van der Waals surface area contributed by atoms with Gasteiger partial charge < -0.3 is 5.32 Å². The van der Waals surface area contributed by atoms with Crippen molar-refractivity contribution in [2.24, 2.45) is 5.84 Å². The van der Waals surface area contributed by atoms with E-state index in [1.54, 1.807) is 0 Å². The Labute approximate surface area is 115 Å². The van der Waals surface area contributed by atoms with Crippen LogP contribution in [0.5, 0.6) is 0 Å². The third-order valence-corrected chi connectivity index (χ3v) is 3.82. The first-order valence-electron chi connectivity index (χ1n) is 6.37. The molecule has 0 bridgehead atoms. The van der Waals surface area contributed by atoms with E-state index in [9.17, 15) is 0 Å². The number of nitrogens with one attached hydrogen (secondary N) is 2. The van der Waals surface area contributed by atoms with Crippen LogP contribution in [0.25, 0.3) is 0 Å². The zero-order valence-corrected chi connectivity index (χ0v) is 12.6. The normalized spacial score (nSPS) is 12.1. The number of hydrogen-bond donors (Lipinski definition) is 3. The highest BCUT2D eigenvalue weighted by atomic mass is 32.2. The Bertz CT molecular complexity index is 347. The van der Waals surface area contributed by atoms with Gasteiger partial charge >= 0.3 is 0 Å². The molecule has 0 saturated heterocycles. The molecule has 0 aromatic heterocycles. The maximum absolute atomic E-state index is 5.25. The van der Waals surface area contributed by atoms with E-state index >= 15 is 0 Å². The van der Waals surface area contributed by atoms with Gasteiger partial charge in [0.2, 0.25) is 0 Å². The second kappa shape index (κ2) is 7.14. The van der Waals surface area contributed by atoms with Gasteiger partial charge in [0.05, 0.1) is 6.67 Å². The highest BCUT2D eigenvalue weighted by Gasteiger charge is 2.19. The lowest BCUT2D eigenvalue weighted by Crippen LogP contribution is -2.40. The van der Waals surface area contributed by atoms with E-state index in [0.717, 1.165) is 6.54 Å². The summed E-state index contributed by atoms with van der Waals surface area (Å²) in [5.41, 5.74) is 4.06. The molecule has 0 aliphatic carbocycles. The van der Waals surface area contributed by atoms with Crippen molar-refractivity contribution in [3.05, 3.63) is 29.8 Å². The Kier molecular flexibility index (Phi) is 6.15. The minimum atomic E-state index is 0.109.